The van der Waals surface area contributed by atoms with Gasteiger partial charge in [0.1, 0.15) is 0 Å². The van der Waals surface area contributed by atoms with Gasteiger partial charge in [0.15, 0.2) is 0 Å². The minimum atomic E-state index is 0.00501. The Morgan fingerprint density at radius 3 is 2.65 bits per heavy atom. The van der Waals surface area contributed by atoms with E-state index in [-0.39, 0.29) is 11.8 Å². The van der Waals surface area contributed by atoms with E-state index in [9.17, 15) is 9.59 Å². The summed E-state index contributed by atoms with van der Waals surface area (Å²) >= 11 is 0. The summed E-state index contributed by atoms with van der Waals surface area (Å²) in [5, 5.41) is 3.43. The smallest absolute Gasteiger partial charge is 0.229 e. The number of hydrogen-bond donors (Lipinski definition) is 1. The van der Waals surface area contributed by atoms with Gasteiger partial charge in [-0.3, -0.25) is 14.5 Å². The molecule has 2 rings (SSSR count). The molecule has 17 heavy (non-hydrogen) atoms. The second kappa shape index (κ2) is 5.60. The Kier molecular flexibility index (Phi) is 4.12. The normalized spacial score (nSPS) is 27.6. The fourth-order valence-electron chi connectivity index (χ4n) is 2.52. The third-order valence-corrected chi connectivity index (χ3v) is 3.54. The maximum atomic E-state index is 11.6. The van der Waals surface area contributed by atoms with E-state index >= 15 is 0 Å². The Labute approximate surface area is 102 Å². The maximum Gasteiger partial charge on any atom is 0.229 e. The lowest BCUT2D eigenvalue weighted by Crippen LogP contribution is -2.51. The van der Waals surface area contributed by atoms with Gasteiger partial charge in [0.25, 0.3) is 0 Å². The zero-order valence-electron chi connectivity index (χ0n) is 10.4. The highest BCUT2D eigenvalue weighted by molar-refractivity contribution is 5.97. The number of rotatable bonds is 3. The lowest BCUT2D eigenvalue weighted by Gasteiger charge is -2.33. The fraction of sp³-hybridized carbons (Fsp3) is 0.833. The standard InChI is InChI=1S/C12H21N3O2/c1-14-8-6-13-10(9-14)5-7-15-11(16)3-2-4-12(15)17/h10,13H,2-9H2,1H3. The molecular weight excluding hydrogens is 218 g/mol. The average Bonchev–Trinajstić information content (AvgIpc) is 2.28. The first-order valence-electron chi connectivity index (χ1n) is 6.42. The molecule has 0 radical (unpaired) electrons. The molecule has 1 N–H and O–H groups in total. The highest BCUT2D eigenvalue weighted by atomic mass is 16.2. The molecule has 5 heteroatoms. The first-order chi connectivity index (χ1) is 8.16. The summed E-state index contributed by atoms with van der Waals surface area (Å²) in [5.74, 6) is 0.0100. The van der Waals surface area contributed by atoms with Gasteiger partial charge in [0, 0.05) is 45.1 Å². The molecule has 2 fully saturated rings. The molecule has 1 unspecified atom stereocenters. The number of nitrogens with one attached hydrogen (secondary N) is 1. The molecule has 0 aromatic carbocycles. The van der Waals surface area contributed by atoms with E-state index in [0.29, 0.717) is 25.4 Å². The molecule has 0 spiro atoms. The van der Waals surface area contributed by atoms with Crippen LogP contribution in [0.1, 0.15) is 25.7 Å². The maximum absolute atomic E-state index is 11.6. The molecule has 96 valence electrons. The lowest BCUT2D eigenvalue weighted by molar-refractivity contribution is -0.148. The van der Waals surface area contributed by atoms with Crippen LogP contribution in [0.25, 0.3) is 0 Å². The molecule has 0 saturated carbocycles. The molecule has 1 atom stereocenters. The summed E-state index contributed by atoms with van der Waals surface area (Å²) in [6.45, 7) is 3.63. The van der Waals surface area contributed by atoms with E-state index in [1.54, 1.807) is 0 Å². The van der Waals surface area contributed by atoms with E-state index in [1.807, 2.05) is 0 Å². The first kappa shape index (κ1) is 12.5. The van der Waals surface area contributed by atoms with E-state index in [2.05, 4.69) is 17.3 Å². The molecule has 2 amide bonds. The topological polar surface area (TPSA) is 52.6 Å². The number of carbonyl (C=O) groups excluding carboxylic acids is 2. The van der Waals surface area contributed by atoms with E-state index < -0.39 is 0 Å². The molecule has 0 bridgehead atoms. The number of imide groups is 1. The molecule has 0 aliphatic carbocycles. The summed E-state index contributed by atoms with van der Waals surface area (Å²) in [6, 6.07) is 0.399. The van der Waals surface area contributed by atoms with Crippen molar-refractivity contribution in [2.75, 3.05) is 33.2 Å². The summed E-state index contributed by atoms with van der Waals surface area (Å²) in [5.41, 5.74) is 0. The minimum Gasteiger partial charge on any atom is -0.311 e. The van der Waals surface area contributed by atoms with Crippen molar-refractivity contribution in [2.24, 2.45) is 0 Å². The van der Waals surface area contributed by atoms with E-state index in [1.165, 1.54) is 4.90 Å². The molecule has 2 heterocycles. The third kappa shape index (κ3) is 3.26. The van der Waals surface area contributed by atoms with Crippen molar-refractivity contribution in [3.8, 4) is 0 Å². The van der Waals surface area contributed by atoms with Crippen molar-refractivity contribution in [1.82, 2.24) is 15.1 Å². The van der Waals surface area contributed by atoms with Crippen LogP contribution in [0.4, 0.5) is 0 Å². The summed E-state index contributed by atoms with van der Waals surface area (Å²) in [6.07, 6.45) is 2.65. The summed E-state index contributed by atoms with van der Waals surface area (Å²) in [7, 11) is 2.10. The van der Waals surface area contributed by atoms with Gasteiger partial charge in [-0.05, 0) is 19.9 Å². The van der Waals surface area contributed by atoms with Crippen LogP contribution in [0.5, 0.6) is 0 Å². The van der Waals surface area contributed by atoms with Gasteiger partial charge in [0.05, 0.1) is 0 Å². The third-order valence-electron chi connectivity index (χ3n) is 3.54. The van der Waals surface area contributed by atoms with Gasteiger partial charge < -0.3 is 10.2 Å². The van der Waals surface area contributed by atoms with Gasteiger partial charge in [-0.1, -0.05) is 0 Å². The Morgan fingerprint density at radius 1 is 1.29 bits per heavy atom. The van der Waals surface area contributed by atoms with Crippen LogP contribution in [0.2, 0.25) is 0 Å². The predicted octanol–water partition coefficient (Wildman–Crippen LogP) is -0.181. The van der Waals surface area contributed by atoms with Crippen LogP contribution in [0.15, 0.2) is 0 Å². The van der Waals surface area contributed by atoms with E-state index in [0.717, 1.165) is 32.5 Å². The predicted molar refractivity (Wildman–Crippen MR) is 64.5 cm³/mol. The van der Waals surface area contributed by atoms with Crippen molar-refractivity contribution in [1.29, 1.82) is 0 Å². The van der Waals surface area contributed by atoms with Gasteiger partial charge in [-0.25, -0.2) is 0 Å². The highest BCUT2D eigenvalue weighted by Gasteiger charge is 2.26. The van der Waals surface area contributed by atoms with Crippen molar-refractivity contribution in [3.05, 3.63) is 0 Å². The summed E-state index contributed by atoms with van der Waals surface area (Å²) in [4.78, 5) is 27.0. The van der Waals surface area contributed by atoms with Gasteiger partial charge in [-0.2, -0.15) is 0 Å². The minimum absolute atomic E-state index is 0.00501. The van der Waals surface area contributed by atoms with Crippen LogP contribution in [-0.4, -0.2) is 60.9 Å². The number of likely N-dealkylation sites (N-methyl/N-ethyl adjacent to an activating group) is 1. The van der Waals surface area contributed by atoms with Gasteiger partial charge in [0.2, 0.25) is 11.8 Å². The van der Waals surface area contributed by atoms with Crippen molar-refractivity contribution in [3.63, 3.8) is 0 Å². The Morgan fingerprint density at radius 2 is 2.00 bits per heavy atom. The molecule has 2 saturated heterocycles. The van der Waals surface area contributed by atoms with Crippen LogP contribution >= 0.6 is 0 Å². The summed E-state index contributed by atoms with van der Waals surface area (Å²) < 4.78 is 0. The molecule has 5 nitrogen and oxygen atoms in total. The molecule has 0 aromatic rings. The number of nitrogens with zero attached hydrogens (tertiary/aromatic N) is 2. The molecular formula is C12H21N3O2. The quantitative estimate of drug-likeness (QED) is 0.694. The van der Waals surface area contributed by atoms with Gasteiger partial charge >= 0.3 is 0 Å². The Balaban J connectivity index is 1.80. The highest BCUT2D eigenvalue weighted by Crippen LogP contribution is 2.13. The number of carbonyl (C=O) groups is 2. The molecule has 2 aliphatic heterocycles. The first-order valence-corrected chi connectivity index (χ1v) is 6.42. The molecule has 2 aliphatic rings. The molecule has 0 aromatic heterocycles. The number of likely N-dealkylation sites (tertiary alicyclic amines) is 1. The van der Waals surface area contributed by atoms with Crippen LogP contribution in [-0.2, 0) is 9.59 Å². The van der Waals surface area contributed by atoms with E-state index in [4.69, 9.17) is 0 Å². The second-order valence-electron chi connectivity index (χ2n) is 4.99. The van der Waals surface area contributed by atoms with Crippen LogP contribution in [0, 0.1) is 0 Å². The Bertz CT molecular complexity index is 290. The zero-order chi connectivity index (χ0) is 12.3. The SMILES string of the molecule is CN1CCNC(CCN2C(=O)CCCC2=O)C1. The van der Waals surface area contributed by atoms with Crippen LogP contribution < -0.4 is 5.32 Å². The number of piperazine rings is 1. The lowest BCUT2D eigenvalue weighted by atomic mass is 10.1. The number of piperidine rings is 1. The second-order valence-corrected chi connectivity index (χ2v) is 4.99. The van der Waals surface area contributed by atoms with Gasteiger partial charge in [-0.15, -0.1) is 0 Å². The van der Waals surface area contributed by atoms with Crippen molar-refractivity contribution >= 4 is 11.8 Å². The number of hydrogen-bond acceptors (Lipinski definition) is 4. The Hall–Kier alpha value is -0.940. The van der Waals surface area contributed by atoms with Crippen molar-refractivity contribution < 1.29 is 9.59 Å². The largest absolute Gasteiger partial charge is 0.311 e. The van der Waals surface area contributed by atoms with Crippen molar-refractivity contribution in [2.45, 2.75) is 31.7 Å². The number of amides is 2. The fourth-order valence-corrected chi connectivity index (χ4v) is 2.52. The average molecular weight is 239 g/mol. The monoisotopic (exact) mass is 239 g/mol. The zero-order valence-corrected chi connectivity index (χ0v) is 10.4. The van der Waals surface area contributed by atoms with Crippen LogP contribution in [0.3, 0.4) is 0 Å².